The smallest absolute Gasteiger partial charge is 0 e. The normalized spacial score (nSPS) is 0. The average Bonchev–Trinajstić information content (AvgIpc) is 0. The van der Waals surface area contributed by atoms with Gasteiger partial charge in [-0.25, -0.2) is 0 Å². The van der Waals surface area contributed by atoms with E-state index in [4.69, 9.17) is 0 Å². The summed E-state index contributed by atoms with van der Waals surface area (Å²) in [6.45, 7) is 0. The molecule has 0 bridgehead atoms. The van der Waals surface area contributed by atoms with Gasteiger partial charge in [0.05, 0.1) is 0 Å². The molecule has 0 amide bonds. The minimum Gasteiger partial charge on any atom is -0.147 e. The van der Waals surface area contributed by atoms with E-state index in [1.165, 1.54) is 0 Å². The van der Waals surface area contributed by atoms with Gasteiger partial charge in [-0.3, -0.25) is 0 Å². The van der Waals surface area contributed by atoms with Gasteiger partial charge in [0.25, 0.3) is 0 Å². The van der Waals surface area contributed by atoms with E-state index in [-0.39, 0.29) is 70.7 Å². The van der Waals surface area contributed by atoms with E-state index in [0.29, 0.717) is 0 Å². The third-order valence-electron chi connectivity index (χ3n) is 0. The first kappa shape index (κ1) is 68.6. The fourth-order valence-corrected chi connectivity index (χ4v) is 0. The summed E-state index contributed by atoms with van der Waals surface area (Å²) in [7, 11) is 0. The van der Waals surface area contributed by atoms with Crippen LogP contribution in [0.2, 0.25) is 0 Å². The van der Waals surface area contributed by atoms with Gasteiger partial charge in [0, 0.05) is 21.1 Å². The maximum Gasteiger partial charge on any atom is 0 e. The van der Waals surface area contributed by atoms with E-state index in [1.54, 1.807) is 0 Å². The Bertz CT molecular complexity index is 3.61. The second kappa shape index (κ2) is 40.2. The van der Waals surface area contributed by atoms with Gasteiger partial charge in [0.1, 0.15) is 0 Å². The van der Waals surface area contributed by atoms with E-state index in [0.717, 1.165) is 0 Å². The second-order valence-electron chi connectivity index (χ2n) is 0. The molecule has 0 aliphatic rings. The topological polar surface area (TPSA) is 0 Å². The second-order valence-corrected chi connectivity index (χ2v) is 0. The monoisotopic (exact) mass is 328 g/mol. The Labute approximate surface area is 70.4 Å². The van der Waals surface area contributed by atoms with Gasteiger partial charge in [-0.05, 0) is 0 Å². The van der Waals surface area contributed by atoms with Crippen molar-refractivity contribution in [2.45, 2.75) is 0 Å². The Morgan fingerprint density at radius 2 is 0.400 bits per heavy atom. The third-order valence-corrected chi connectivity index (χ3v) is 0. The molecule has 0 rings (SSSR count). The van der Waals surface area contributed by atoms with Gasteiger partial charge < -0.3 is 0 Å². The van der Waals surface area contributed by atoms with Crippen molar-refractivity contribution in [3.05, 3.63) is 0 Å². The van der Waals surface area contributed by atoms with Crippen molar-refractivity contribution in [1.82, 2.24) is 0 Å². The van der Waals surface area contributed by atoms with Crippen LogP contribution in [-0.4, -0.2) is 0 Å². The summed E-state index contributed by atoms with van der Waals surface area (Å²) in [5.41, 5.74) is 0. The molecule has 0 atom stereocenters. The van der Waals surface area contributed by atoms with Crippen LogP contribution >= 0.6 is 49.6 Å². The van der Waals surface area contributed by atoms with Crippen molar-refractivity contribution in [3.8, 4) is 0 Å². The first-order valence-electron chi connectivity index (χ1n) is 0. The van der Waals surface area contributed by atoms with Crippen molar-refractivity contribution in [3.63, 3.8) is 0 Å². The third kappa shape index (κ3) is 25.4. The van der Waals surface area contributed by atoms with Crippen LogP contribution in [-0.2, 0) is 21.1 Å². The number of hydrogen-bond acceptors (Lipinski definition) is 0. The maximum atomic E-state index is 0. The molecule has 0 radical (unpaired) electrons. The standard InChI is InChI=1S/4ClH.W/h4*1H;. The quantitative estimate of drug-likeness (QED) is 0.634. The van der Waals surface area contributed by atoms with E-state index in [2.05, 4.69) is 0 Å². The number of hydrogen-bond donors (Lipinski definition) is 0. The van der Waals surface area contributed by atoms with E-state index in [9.17, 15) is 0 Å². The molecule has 5 heavy (non-hydrogen) atoms. The van der Waals surface area contributed by atoms with Gasteiger partial charge in [0.2, 0.25) is 0 Å². The van der Waals surface area contributed by atoms with E-state index < -0.39 is 0 Å². The van der Waals surface area contributed by atoms with Crippen LogP contribution in [0, 0.1) is 0 Å². The van der Waals surface area contributed by atoms with Gasteiger partial charge in [-0.1, -0.05) is 0 Å². The van der Waals surface area contributed by atoms with Crippen LogP contribution in [0.1, 0.15) is 0 Å². The van der Waals surface area contributed by atoms with Gasteiger partial charge in [-0.15, -0.1) is 49.6 Å². The molecule has 0 aliphatic carbocycles. The van der Waals surface area contributed by atoms with Gasteiger partial charge in [0.15, 0.2) is 0 Å². The van der Waals surface area contributed by atoms with Crippen LogP contribution in [0.3, 0.4) is 0 Å². The van der Waals surface area contributed by atoms with E-state index >= 15 is 0 Å². The molecule has 0 aromatic heterocycles. The van der Waals surface area contributed by atoms with Crippen molar-refractivity contribution >= 4 is 49.6 Å². The molecule has 0 unspecified atom stereocenters. The molecule has 5 heteroatoms. The molecule has 0 aromatic carbocycles. The molecule has 0 aromatic rings. The van der Waals surface area contributed by atoms with E-state index in [1.807, 2.05) is 0 Å². The molecule has 0 spiro atoms. The summed E-state index contributed by atoms with van der Waals surface area (Å²) in [5, 5.41) is 0. The zero-order valence-electron chi connectivity index (χ0n) is 2.04. The fraction of sp³-hybridized carbons (Fsp3) is 0. The molecular weight excluding hydrogens is 326 g/mol. The van der Waals surface area contributed by atoms with Crippen molar-refractivity contribution in [1.29, 1.82) is 0 Å². The summed E-state index contributed by atoms with van der Waals surface area (Å²) in [4.78, 5) is 0. The van der Waals surface area contributed by atoms with Crippen LogP contribution in [0.5, 0.6) is 0 Å². The summed E-state index contributed by atoms with van der Waals surface area (Å²) >= 11 is 0. The molecule has 0 N–H and O–H groups in total. The Morgan fingerprint density at radius 3 is 0.400 bits per heavy atom. The van der Waals surface area contributed by atoms with Crippen LogP contribution in [0.15, 0.2) is 0 Å². The number of rotatable bonds is 0. The predicted molar refractivity (Wildman–Crippen MR) is 29.0 cm³/mol. The van der Waals surface area contributed by atoms with Crippen LogP contribution < -0.4 is 0 Å². The van der Waals surface area contributed by atoms with Crippen molar-refractivity contribution < 1.29 is 21.1 Å². The Balaban J connectivity index is 0. The summed E-state index contributed by atoms with van der Waals surface area (Å²) in [6, 6.07) is 0. The minimum atomic E-state index is 0. The van der Waals surface area contributed by atoms with Gasteiger partial charge >= 0.3 is 0 Å². The molecule has 0 heterocycles. The zero-order chi connectivity index (χ0) is 0. The Kier molecular flexibility index (Phi) is 552. The average molecular weight is 330 g/mol. The van der Waals surface area contributed by atoms with Crippen molar-refractivity contribution in [2.75, 3.05) is 0 Å². The Hall–Kier alpha value is 1.85. The molecule has 0 aliphatic heterocycles. The molecule has 0 saturated carbocycles. The first-order valence-corrected chi connectivity index (χ1v) is 0. The predicted octanol–water partition coefficient (Wildman–Crippen LogP) is 1.68. The Morgan fingerprint density at radius 1 is 0.400 bits per heavy atom. The SMILES string of the molecule is Cl.Cl.Cl.Cl.[W]. The largest absolute Gasteiger partial charge is 0.147 e. The summed E-state index contributed by atoms with van der Waals surface area (Å²) in [5.74, 6) is 0. The maximum absolute atomic E-state index is 0. The minimum absolute atomic E-state index is 0. The fourth-order valence-electron chi connectivity index (χ4n) is 0. The molecule has 0 fully saturated rings. The van der Waals surface area contributed by atoms with Gasteiger partial charge in [-0.2, -0.15) is 0 Å². The molecular formula is H4Cl4W. The first-order chi connectivity index (χ1) is 0. The van der Waals surface area contributed by atoms with Crippen LogP contribution in [0.4, 0.5) is 0 Å². The molecule has 0 saturated heterocycles. The summed E-state index contributed by atoms with van der Waals surface area (Å²) < 4.78 is 0. The van der Waals surface area contributed by atoms with Crippen molar-refractivity contribution in [2.24, 2.45) is 0 Å². The zero-order valence-corrected chi connectivity index (χ0v) is 8.24. The molecule has 38 valence electrons. The van der Waals surface area contributed by atoms with Crippen LogP contribution in [0.25, 0.3) is 0 Å². The molecule has 0 nitrogen and oxygen atoms in total. The summed E-state index contributed by atoms with van der Waals surface area (Å²) in [6.07, 6.45) is 0. The number of halogens is 4.